The highest BCUT2D eigenvalue weighted by Crippen LogP contribution is 2.40. The lowest BCUT2D eigenvalue weighted by molar-refractivity contribution is -0.245. The Kier molecular flexibility index (Phi) is 11.0. The molecule has 4 aromatic rings. The largest absolute Gasteiger partial charge is 0.344 e. The molecule has 0 bridgehead atoms. The standard InChI is InChI=1S/C32H35N3O5S2/c36-29(14-6-1-2-7-15-30(37)35-38)33-24-18-16-22(17-19-24)27-20-25(39-31(40-27)23-10-4-3-5-11-23)21-41-32-34-26-12-8-9-13-28(26)42-32/h3-5,8-13,16-19,25,27,31,38H,1-2,6-7,14-15,20-21H2,(H,33,36)(H,35,37)/t25?,27?,31-/m1/s1. The van der Waals surface area contributed by atoms with Crippen molar-refractivity contribution >= 4 is 50.8 Å². The van der Waals surface area contributed by atoms with Gasteiger partial charge in [0.05, 0.1) is 22.4 Å². The number of nitrogens with one attached hydrogen (secondary N) is 2. The van der Waals surface area contributed by atoms with Gasteiger partial charge in [-0.25, -0.2) is 10.5 Å². The smallest absolute Gasteiger partial charge is 0.243 e. The van der Waals surface area contributed by atoms with Crippen molar-refractivity contribution in [2.75, 3.05) is 11.1 Å². The number of thiazole rings is 1. The molecule has 5 rings (SSSR count). The minimum Gasteiger partial charge on any atom is -0.344 e. The number of rotatable bonds is 13. The van der Waals surface area contributed by atoms with Crippen LogP contribution in [-0.4, -0.2) is 33.9 Å². The average Bonchev–Trinajstić information content (AvgIpc) is 3.45. The molecule has 3 aromatic carbocycles. The molecule has 1 aromatic heterocycles. The molecule has 0 spiro atoms. The van der Waals surface area contributed by atoms with Crippen molar-refractivity contribution in [3.8, 4) is 0 Å². The van der Waals surface area contributed by atoms with Crippen molar-refractivity contribution in [3.05, 3.63) is 90.0 Å². The highest BCUT2D eigenvalue weighted by atomic mass is 32.2. The molecule has 42 heavy (non-hydrogen) atoms. The maximum Gasteiger partial charge on any atom is 0.243 e. The predicted molar refractivity (Wildman–Crippen MR) is 166 cm³/mol. The number of carbonyl (C=O) groups is 2. The maximum atomic E-state index is 12.4. The zero-order valence-electron chi connectivity index (χ0n) is 23.2. The molecule has 2 heterocycles. The van der Waals surface area contributed by atoms with Crippen molar-refractivity contribution in [2.24, 2.45) is 0 Å². The van der Waals surface area contributed by atoms with E-state index in [1.807, 2.05) is 72.8 Å². The number of nitrogens with zero attached hydrogens (tertiary/aromatic N) is 1. The molecule has 8 nitrogen and oxygen atoms in total. The minimum absolute atomic E-state index is 0.0247. The highest BCUT2D eigenvalue weighted by Gasteiger charge is 2.32. The Balaban J connectivity index is 1.16. The van der Waals surface area contributed by atoms with Crippen LogP contribution >= 0.6 is 23.1 Å². The molecule has 2 unspecified atom stereocenters. The Morgan fingerprint density at radius 3 is 2.31 bits per heavy atom. The number of carbonyl (C=O) groups excluding carboxylic acids is 2. The normalized spacial score (nSPS) is 18.5. The molecular weight excluding hydrogens is 571 g/mol. The number of para-hydroxylation sites is 1. The number of hydrogen-bond donors (Lipinski definition) is 3. The summed E-state index contributed by atoms with van der Waals surface area (Å²) in [5, 5.41) is 11.5. The SMILES string of the molecule is O=C(CCCCCCC(=O)Nc1ccc(C2CC(CSc3nc4ccccc4s3)O[C@@H](c3ccccc3)O2)cc1)NO. The molecule has 220 valence electrons. The molecule has 1 fully saturated rings. The average molecular weight is 606 g/mol. The molecular formula is C32H35N3O5S2. The molecule has 1 aliphatic heterocycles. The molecule has 3 atom stereocenters. The van der Waals surface area contributed by atoms with E-state index in [1.165, 1.54) is 4.70 Å². The number of benzene rings is 3. The summed E-state index contributed by atoms with van der Waals surface area (Å²) in [5.74, 6) is 0.359. The van der Waals surface area contributed by atoms with Crippen LogP contribution in [0.2, 0.25) is 0 Å². The first-order valence-electron chi connectivity index (χ1n) is 14.2. The number of hydroxylamine groups is 1. The summed E-state index contributed by atoms with van der Waals surface area (Å²) in [7, 11) is 0. The summed E-state index contributed by atoms with van der Waals surface area (Å²) in [4.78, 5) is 28.2. The molecule has 1 aliphatic rings. The number of anilines is 1. The van der Waals surface area contributed by atoms with Crippen molar-refractivity contribution in [3.63, 3.8) is 0 Å². The molecule has 0 saturated carbocycles. The van der Waals surface area contributed by atoms with Gasteiger partial charge in [-0.2, -0.15) is 0 Å². The Labute approximate surface area is 253 Å². The van der Waals surface area contributed by atoms with Gasteiger partial charge in [0, 0.05) is 36.3 Å². The van der Waals surface area contributed by atoms with Gasteiger partial charge in [-0.05, 0) is 42.7 Å². The molecule has 1 saturated heterocycles. The van der Waals surface area contributed by atoms with E-state index >= 15 is 0 Å². The van der Waals surface area contributed by atoms with Gasteiger partial charge >= 0.3 is 0 Å². The maximum absolute atomic E-state index is 12.4. The van der Waals surface area contributed by atoms with Crippen LogP contribution in [0, 0.1) is 0 Å². The van der Waals surface area contributed by atoms with E-state index in [2.05, 4.69) is 11.4 Å². The Morgan fingerprint density at radius 2 is 1.57 bits per heavy atom. The van der Waals surface area contributed by atoms with Gasteiger partial charge in [-0.15, -0.1) is 11.3 Å². The fraction of sp³-hybridized carbons (Fsp3) is 0.344. The van der Waals surface area contributed by atoms with E-state index in [0.29, 0.717) is 25.7 Å². The molecule has 10 heteroatoms. The highest BCUT2D eigenvalue weighted by molar-refractivity contribution is 8.01. The number of ether oxygens (including phenoxy) is 2. The van der Waals surface area contributed by atoms with Crippen LogP contribution in [0.5, 0.6) is 0 Å². The molecule has 0 aliphatic carbocycles. The summed E-state index contributed by atoms with van der Waals surface area (Å²) in [6, 6.07) is 26.1. The van der Waals surface area contributed by atoms with Crippen LogP contribution in [0.15, 0.2) is 83.2 Å². The number of hydrogen-bond acceptors (Lipinski definition) is 8. The molecule has 2 amide bonds. The fourth-order valence-corrected chi connectivity index (χ4v) is 6.97. The Bertz CT molecular complexity index is 1410. The van der Waals surface area contributed by atoms with Crippen molar-refractivity contribution in [1.82, 2.24) is 10.5 Å². The quantitative estimate of drug-likeness (QED) is 0.0630. The van der Waals surface area contributed by atoms with Crippen molar-refractivity contribution in [1.29, 1.82) is 0 Å². The summed E-state index contributed by atoms with van der Waals surface area (Å²) >= 11 is 3.42. The molecule has 3 N–H and O–H groups in total. The second kappa shape index (κ2) is 15.3. The van der Waals surface area contributed by atoms with Gasteiger partial charge in [-0.1, -0.05) is 79.2 Å². The number of amides is 2. The topological polar surface area (TPSA) is 110 Å². The van der Waals surface area contributed by atoms with Crippen molar-refractivity contribution < 1.29 is 24.3 Å². The van der Waals surface area contributed by atoms with Crippen LogP contribution in [0.4, 0.5) is 5.69 Å². The second-order valence-corrected chi connectivity index (χ2v) is 12.5. The summed E-state index contributed by atoms with van der Waals surface area (Å²) < 4.78 is 15.1. The van der Waals surface area contributed by atoms with E-state index in [9.17, 15) is 9.59 Å². The van der Waals surface area contributed by atoms with Gasteiger partial charge in [-0.3, -0.25) is 14.8 Å². The lowest BCUT2D eigenvalue weighted by atomic mass is 10.0. The van der Waals surface area contributed by atoms with Crippen LogP contribution < -0.4 is 10.8 Å². The van der Waals surface area contributed by atoms with Crippen LogP contribution in [-0.2, 0) is 19.1 Å². The first-order chi connectivity index (χ1) is 20.6. The Morgan fingerprint density at radius 1 is 0.857 bits per heavy atom. The minimum atomic E-state index is -0.469. The lowest BCUT2D eigenvalue weighted by Crippen LogP contribution is -2.31. The first kappa shape index (κ1) is 30.2. The monoisotopic (exact) mass is 605 g/mol. The fourth-order valence-electron chi connectivity index (χ4n) is 4.86. The first-order valence-corrected chi connectivity index (χ1v) is 16.0. The van der Waals surface area contributed by atoms with Crippen LogP contribution in [0.25, 0.3) is 10.2 Å². The number of unbranched alkanes of at least 4 members (excludes halogenated alkanes) is 3. The van der Waals surface area contributed by atoms with E-state index < -0.39 is 6.29 Å². The third-order valence-electron chi connectivity index (χ3n) is 7.07. The van der Waals surface area contributed by atoms with Gasteiger partial charge in [0.15, 0.2) is 10.6 Å². The number of thioether (sulfide) groups is 1. The second-order valence-electron chi connectivity index (χ2n) is 10.2. The van der Waals surface area contributed by atoms with E-state index in [1.54, 1.807) is 28.6 Å². The Hall–Kier alpha value is -3.28. The van der Waals surface area contributed by atoms with Crippen LogP contribution in [0.1, 0.15) is 68.5 Å². The summed E-state index contributed by atoms with van der Waals surface area (Å²) in [6.07, 6.45) is 3.91. The van der Waals surface area contributed by atoms with E-state index in [0.717, 1.165) is 51.7 Å². The number of fused-ring (bicyclic) bond motifs is 1. The zero-order valence-corrected chi connectivity index (χ0v) is 24.9. The summed E-state index contributed by atoms with van der Waals surface area (Å²) in [6.45, 7) is 0. The van der Waals surface area contributed by atoms with Gasteiger partial charge < -0.3 is 14.8 Å². The van der Waals surface area contributed by atoms with Gasteiger partial charge in [0.2, 0.25) is 11.8 Å². The van der Waals surface area contributed by atoms with Crippen molar-refractivity contribution in [2.45, 2.75) is 67.8 Å². The number of aromatic nitrogens is 1. The zero-order chi connectivity index (χ0) is 29.1. The molecule has 0 radical (unpaired) electrons. The third kappa shape index (κ3) is 8.62. The van der Waals surface area contributed by atoms with E-state index in [4.69, 9.17) is 19.7 Å². The van der Waals surface area contributed by atoms with E-state index in [-0.39, 0.29) is 24.0 Å². The van der Waals surface area contributed by atoms with Crippen LogP contribution in [0.3, 0.4) is 0 Å². The third-order valence-corrected chi connectivity index (χ3v) is 9.38. The summed E-state index contributed by atoms with van der Waals surface area (Å²) in [5.41, 5.74) is 5.43. The van der Waals surface area contributed by atoms with Gasteiger partial charge in [0.25, 0.3) is 0 Å². The van der Waals surface area contributed by atoms with Gasteiger partial charge in [0.1, 0.15) is 0 Å². The lowest BCUT2D eigenvalue weighted by Gasteiger charge is -2.36. The predicted octanol–water partition coefficient (Wildman–Crippen LogP) is 7.42.